The Kier molecular flexibility index (Phi) is 4.41. The van der Waals surface area contributed by atoms with Crippen molar-refractivity contribution in [1.29, 1.82) is 0 Å². The molecule has 2 aromatic rings. The van der Waals surface area contributed by atoms with Crippen LogP contribution in [-0.2, 0) is 4.74 Å². The lowest BCUT2D eigenvalue weighted by Gasteiger charge is -2.27. The number of hydrogen-bond acceptors (Lipinski definition) is 5. The van der Waals surface area contributed by atoms with E-state index in [1.165, 1.54) is 18.3 Å². The lowest BCUT2D eigenvalue weighted by molar-refractivity contribution is 0.0526. The highest BCUT2D eigenvalue weighted by molar-refractivity contribution is 5.89. The highest BCUT2D eigenvalue weighted by atomic mass is 19.1. The Labute approximate surface area is 133 Å². The first kappa shape index (κ1) is 15.3. The molecule has 0 aliphatic carbocycles. The molecule has 0 radical (unpaired) electrons. The first-order valence-corrected chi connectivity index (χ1v) is 7.49. The van der Waals surface area contributed by atoms with Crippen LogP contribution in [0.15, 0.2) is 36.5 Å². The van der Waals surface area contributed by atoms with E-state index in [9.17, 15) is 9.18 Å². The number of carbonyl (C=O) groups excluding carboxylic acids is 1. The Morgan fingerprint density at radius 3 is 3.04 bits per heavy atom. The average Bonchev–Trinajstić information content (AvgIpc) is 2.56. The Bertz CT molecular complexity index is 703. The number of fused-ring (bicyclic) bond motifs is 1. The van der Waals surface area contributed by atoms with Gasteiger partial charge in [0.05, 0.1) is 24.8 Å². The maximum absolute atomic E-state index is 13.5. The molecular weight excluding hydrogens is 299 g/mol. The van der Waals surface area contributed by atoms with Crippen molar-refractivity contribution >= 4 is 11.8 Å². The van der Waals surface area contributed by atoms with E-state index in [1.54, 1.807) is 25.1 Å². The predicted octanol–water partition coefficient (Wildman–Crippen LogP) is 3.33. The number of carbonyl (C=O) groups is 1. The number of anilines is 1. The van der Waals surface area contributed by atoms with E-state index < -0.39 is 5.97 Å². The van der Waals surface area contributed by atoms with Crippen molar-refractivity contribution in [2.75, 3.05) is 18.5 Å². The Morgan fingerprint density at radius 1 is 1.43 bits per heavy atom. The summed E-state index contributed by atoms with van der Waals surface area (Å²) in [6, 6.07) is 7.76. The van der Waals surface area contributed by atoms with E-state index in [0.717, 1.165) is 5.56 Å². The number of pyridine rings is 1. The maximum Gasteiger partial charge on any atom is 0.339 e. The van der Waals surface area contributed by atoms with Gasteiger partial charge in [-0.1, -0.05) is 0 Å². The number of esters is 1. The molecule has 0 saturated carbocycles. The van der Waals surface area contributed by atoms with Crippen LogP contribution in [0.1, 0.15) is 35.3 Å². The van der Waals surface area contributed by atoms with Crippen LogP contribution in [0.2, 0.25) is 0 Å². The molecule has 0 amide bonds. The predicted molar refractivity (Wildman–Crippen MR) is 83.1 cm³/mol. The SMILES string of the molecule is CCOC(=O)c1ccc(NC2CCOc3ccc(F)cc32)nc1. The number of rotatable bonds is 4. The molecule has 0 spiro atoms. The summed E-state index contributed by atoms with van der Waals surface area (Å²) in [7, 11) is 0. The zero-order valence-corrected chi connectivity index (χ0v) is 12.7. The van der Waals surface area contributed by atoms with Gasteiger partial charge in [0.15, 0.2) is 0 Å². The molecule has 1 aromatic carbocycles. The number of nitrogens with one attached hydrogen (secondary N) is 1. The maximum atomic E-state index is 13.5. The largest absolute Gasteiger partial charge is 0.493 e. The molecule has 1 unspecified atom stereocenters. The summed E-state index contributed by atoms with van der Waals surface area (Å²) in [5.41, 5.74) is 1.17. The van der Waals surface area contributed by atoms with Gasteiger partial charge in [-0.15, -0.1) is 0 Å². The van der Waals surface area contributed by atoms with Gasteiger partial charge in [0.2, 0.25) is 0 Å². The third-order valence-corrected chi connectivity index (χ3v) is 3.61. The molecule has 2 heterocycles. The molecule has 1 aliphatic heterocycles. The molecule has 1 atom stereocenters. The topological polar surface area (TPSA) is 60.5 Å². The number of nitrogens with zero attached hydrogens (tertiary/aromatic N) is 1. The van der Waals surface area contributed by atoms with Crippen LogP contribution >= 0.6 is 0 Å². The summed E-state index contributed by atoms with van der Waals surface area (Å²) >= 11 is 0. The van der Waals surface area contributed by atoms with E-state index >= 15 is 0 Å². The first-order chi connectivity index (χ1) is 11.2. The molecular formula is C17H17FN2O3. The van der Waals surface area contributed by atoms with E-state index in [-0.39, 0.29) is 11.9 Å². The summed E-state index contributed by atoms with van der Waals surface area (Å²) in [5, 5.41) is 3.25. The lowest BCUT2D eigenvalue weighted by atomic mass is 10.0. The van der Waals surface area contributed by atoms with Crippen LogP contribution in [0.25, 0.3) is 0 Å². The van der Waals surface area contributed by atoms with Crippen LogP contribution in [0.4, 0.5) is 10.2 Å². The van der Waals surface area contributed by atoms with Gasteiger partial charge < -0.3 is 14.8 Å². The average molecular weight is 316 g/mol. The minimum absolute atomic E-state index is 0.0876. The number of hydrogen-bond donors (Lipinski definition) is 1. The van der Waals surface area contributed by atoms with Crippen LogP contribution < -0.4 is 10.1 Å². The van der Waals surface area contributed by atoms with Gasteiger partial charge in [-0.25, -0.2) is 14.2 Å². The van der Waals surface area contributed by atoms with Gasteiger partial charge in [-0.05, 0) is 37.3 Å². The fraction of sp³-hybridized carbons (Fsp3) is 0.294. The molecule has 120 valence electrons. The molecule has 5 nitrogen and oxygen atoms in total. The molecule has 6 heteroatoms. The fourth-order valence-corrected chi connectivity index (χ4v) is 2.51. The molecule has 3 rings (SSSR count). The van der Waals surface area contributed by atoms with E-state index in [0.29, 0.717) is 36.8 Å². The van der Waals surface area contributed by atoms with Crippen LogP contribution in [0, 0.1) is 5.82 Å². The minimum Gasteiger partial charge on any atom is -0.493 e. The molecule has 1 aromatic heterocycles. The van der Waals surface area contributed by atoms with Gasteiger partial charge in [-0.3, -0.25) is 0 Å². The molecule has 23 heavy (non-hydrogen) atoms. The second kappa shape index (κ2) is 6.64. The monoisotopic (exact) mass is 316 g/mol. The van der Waals surface area contributed by atoms with E-state index in [2.05, 4.69) is 10.3 Å². The number of ether oxygens (including phenoxy) is 2. The van der Waals surface area contributed by atoms with Crippen LogP contribution in [-0.4, -0.2) is 24.2 Å². The summed E-state index contributed by atoms with van der Waals surface area (Å²) in [6.07, 6.45) is 2.17. The van der Waals surface area contributed by atoms with Crippen molar-refractivity contribution in [2.45, 2.75) is 19.4 Å². The normalized spacial score (nSPS) is 16.2. The van der Waals surface area contributed by atoms with E-state index in [4.69, 9.17) is 9.47 Å². The summed E-state index contributed by atoms with van der Waals surface area (Å²) in [5.74, 6) is 0.593. The molecule has 1 N–H and O–H groups in total. The third kappa shape index (κ3) is 3.41. The molecule has 0 fully saturated rings. The Morgan fingerprint density at radius 2 is 2.30 bits per heavy atom. The van der Waals surface area contributed by atoms with Gasteiger partial charge >= 0.3 is 5.97 Å². The van der Waals surface area contributed by atoms with E-state index in [1.807, 2.05) is 0 Å². The van der Waals surface area contributed by atoms with Crippen molar-refractivity contribution < 1.29 is 18.7 Å². The molecule has 1 aliphatic rings. The van der Waals surface area contributed by atoms with Crippen molar-refractivity contribution in [2.24, 2.45) is 0 Å². The lowest BCUT2D eigenvalue weighted by Crippen LogP contribution is -2.21. The second-order valence-corrected chi connectivity index (χ2v) is 5.17. The van der Waals surface area contributed by atoms with Crippen LogP contribution in [0.5, 0.6) is 5.75 Å². The number of halogens is 1. The van der Waals surface area contributed by atoms with Gasteiger partial charge in [0.25, 0.3) is 0 Å². The first-order valence-electron chi connectivity index (χ1n) is 7.49. The second-order valence-electron chi connectivity index (χ2n) is 5.17. The quantitative estimate of drug-likeness (QED) is 0.877. The smallest absolute Gasteiger partial charge is 0.339 e. The van der Waals surface area contributed by atoms with Crippen LogP contribution in [0.3, 0.4) is 0 Å². The molecule has 0 bridgehead atoms. The standard InChI is InChI=1S/C17H17FN2O3/c1-2-22-17(21)11-3-6-16(19-10-11)20-14-7-8-23-15-5-4-12(18)9-13(14)15/h3-6,9-10,14H,2,7-8H2,1H3,(H,19,20). The summed E-state index contributed by atoms with van der Waals surface area (Å²) in [4.78, 5) is 15.8. The van der Waals surface area contributed by atoms with Gasteiger partial charge in [-0.2, -0.15) is 0 Å². The van der Waals surface area contributed by atoms with Crippen molar-refractivity contribution in [3.63, 3.8) is 0 Å². The highest BCUT2D eigenvalue weighted by Gasteiger charge is 2.22. The van der Waals surface area contributed by atoms with Gasteiger partial charge in [0, 0.05) is 18.2 Å². The third-order valence-electron chi connectivity index (χ3n) is 3.61. The van der Waals surface area contributed by atoms with Gasteiger partial charge in [0.1, 0.15) is 17.4 Å². The minimum atomic E-state index is -0.398. The van der Waals surface area contributed by atoms with Crippen molar-refractivity contribution in [3.05, 3.63) is 53.5 Å². The Balaban J connectivity index is 1.76. The zero-order chi connectivity index (χ0) is 16.2. The summed E-state index contributed by atoms with van der Waals surface area (Å²) in [6.45, 7) is 2.63. The molecule has 0 saturated heterocycles. The number of benzene rings is 1. The zero-order valence-electron chi connectivity index (χ0n) is 12.7. The van der Waals surface area contributed by atoms with Crippen molar-refractivity contribution in [1.82, 2.24) is 4.98 Å². The van der Waals surface area contributed by atoms with Crippen molar-refractivity contribution in [3.8, 4) is 5.75 Å². The highest BCUT2D eigenvalue weighted by Crippen LogP contribution is 2.34. The summed E-state index contributed by atoms with van der Waals surface area (Å²) < 4.78 is 23.9. The number of aromatic nitrogens is 1. The Hall–Kier alpha value is -2.63. The fourth-order valence-electron chi connectivity index (χ4n) is 2.51.